The number of fused-ring (bicyclic) bond motifs is 1. The number of aromatic nitrogens is 3. The van der Waals surface area contributed by atoms with Gasteiger partial charge in [0.15, 0.2) is 0 Å². The van der Waals surface area contributed by atoms with Crippen molar-refractivity contribution in [1.29, 1.82) is 0 Å². The Labute approximate surface area is 129 Å². The van der Waals surface area contributed by atoms with Crippen LogP contribution in [0.2, 0.25) is 0 Å². The van der Waals surface area contributed by atoms with Crippen molar-refractivity contribution in [2.24, 2.45) is 7.05 Å². The molecule has 120 valence electrons. The summed E-state index contributed by atoms with van der Waals surface area (Å²) < 4.78 is 7.21. The van der Waals surface area contributed by atoms with E-state index in [0.717, 1.165) is 44.5 Å². The number of hydrogen-bond acceptors (Lipinski definition) is 6. The lowest BCUT2D eigenvalue weighted by molar-refractivity contribution is 0.157. The number of piperazine rings is 1. The monoisotopic (exact) mass is 306 g/mol. The molecule has 1 aromatic rings. The van der Waals surface area contributed by atoms with Crippen LogP contribution in [0.1, 0.15) is 18.7 Å². The lowest BCUT2D eigenvalue weighted by Crippen LogP contribution is -2.52. The molecule has 3 aliphatic rings. The number of nitrogens with zero attached hydrogens (tertiary/aromatic N) is 6. The van der Waals surface area contributed by atoms with Gasteiger partial charge in [0, 0.05) is 26.7 Å². The molecule has 0 radical (unpaired) electrons. The summed E-state index contributed by atoms with van der Waals surface area (Å²) in [5.74, 6) is 1.91. The molecule has 0 aromatic carbocycles. The fraction of sp³-hybridized carbons (Fsp3) is 0.786. The van der Waals surface area contributed by atoms with E-state index in [1.807, 2.05) is 11.9 Å². The molecular weight excluding hydrogens is 284 g/mol. The molecule has 0 aliphatic carbocycles. The zero-order valence-electron chi connectivity index (χ0n) is 12.9. The molecule has 8 heteroatoms. The van der Waals surface area contributed by atoms with Crippen LogP contribution >= 0.6 is 0 Å². The maximum absolute atomic E-state index is 11.6. The first-order valence-corrected chi connectivity index (χ1v) is 8.01. The van der Waals surface area contributed by atoms with Gasteiger partial charge in [0.05, 0.1) is 12.6 Å². The van der Waals surface area contributed by atoms with Gasteiger partial charge in [-0.25, -0.2) is 4.79 Å². The van der Waals surface area contributed by atoms with Gasteiger partial charge in [0.1, 0.15) is 12.4 Å². The van der Waals surface area contributed by atoms with Gasteiger partial charge >= 0.3 is 6.09 Å². The summed E-state index contributed by atoms with van der Waals surface area (Å²) in [6.45, 7) is 5.90. The third-order valence-corrected chi connectivity index (χ3v) is 4.91. The highest BCUT2D eigenvalue weighted by molar-refractivity contribution is 5.70. The summed E-state index contributed by atoms with van der Waals surface area (Å²) in [7, 11) is 2.03. The standard InChI is InChI=1S/C14H22N6O2/c1-17-12(9-18-4-2-3-5-18)15-16-13(17)19-6-7-20-11(8-19)10-22-14(20)21/h11H,2-10H2,1H3. The van der Waals surface area contributed by atoms with Gasteiger partial charge < -0.3 is 9.64 Å². The smallest absolute Gasteiger partial charge is 0.410 e. The molecule has 0 spiro atoms. The third kappa shape index (κ3) is 2.31. The second kappa shape index (κ2) is 5.42. The highest BCUT2D eigenvalue weighted by Gasteiger charge is 2.38. The van der Waals surface area contributed by atoms with Crippen molar-refractivity contribution >= 4 is 12.0 Å². The van der Waals surface area contributed by atoms with Gasteiger partial charge in [-0.2, -0.15) is 0 Å². The van der Waals surface area contributed by atoms with E-state index in [-0.39, 0.29) is 12.1 Å². The molecule has 4 heterocycles. The first-order chi connectivity index (χ1) is 10.7. The Morgan fingerprint density at radius 1 is 1.18 bits per heavy atom. The normalized spacial score (nSPS) is 25.7. The predicted octanol–water partition coefficient (Wildman–Crippen LogP) is 0.0517. The van der Waals surface area contributed by atoms with E-state index in [0.29, 0.717) is 13.2 Å². The maximum atomic E-state index is 11.6. The Morgan fingerprint density at radius 3 is 2.82 bits per heavy atom. The average molecular weight is 306 g/mol. The second-order valence-electron chi connectivity index (χ2n) is 6.33. The van der Waals surface area contributed by atoms with Crippen LogP contribution in [0.4, 0.5) is 10.7 Å². The number of ether oxygens (including phenoxy) is 1. The van der Waals surface area contributed by atoms with Gasteiger partial charge in [-0.1, -0.05) is 0 Å². The molecule has 3 saturated heterocycles. The van der Waals surface area contributed by atoms with Crippen molar-refractivity contribution in [2.75, 3.05) is 44.2 Å². The number of likely N-dealkylation sites (tertiary alicyclic amines) is 1. The van der Waals surface area contributed by atoms with Crippen LogP contribution in [0.25, 0.3) is 0 Å². The summed E-state index contributed by atoms with van der Waals surface area (Å²) in [5.41, 5.74) is 0. The van der Waals surface area contributed by atoms with Crippen LogP contribution in [0.5, 0.6) is 0 Å². The van der Waals surface area contributed by atoms with Crippen LogP contribution < -0.4 is 4.90 Å². The zero-order chi connectivity index (χ0) is 15.1. The maximum Gasteiger partial charge on any atom is 0.410 e. The fourth-order valence-corrected chi connectivity index (χ4v) is 3.58. The number of cyclic esters (lactones) is 1. The molecule has 3 fully saturated rings. The van der Waals surface area contributed by atoms with E-state index < -0.39 is 0 Å². The molecule has 0 saturated carbocycles. The first kappa shape index (κ1) is 13.8. The van der Waals surface area contributed by atoms with Crippen molar-refractivity contribution in [3.8, 4) is 0 Å². The van der Waals surface area contributed by atoms with Gasteiger partial charge in [-0.05, 0) is 25.9 Å². The molecule has 8 nitrogen and oxygen atoms in total. The molecule has 0 N–H and O–H groups in total. The SMILES string of the molecule is Cn1c(CN2CCCC2)nnc1N1CCN2C(=O)OCC2C1. The van der Waals surface area contributed by atoms with Crippen molar-refractivity contribution in [2.45, 2.75) is 25.4 Å². The average Bonchev–Trinajstić information content (AvgIpc) is 3.23. The molecule has 1 atom stereocenters. The summed E-state index contributed by atoms with van der Waals surface area (Å²) >= 11 is 0. The largest absolute Gasteiger partial charge is 0.447 e. The second-order valence-corrected chi connectivity index (χ2v) is 6.33. The fourth-order valence-electron chi connectivity index (χ4n) is 3.58. The zero-order valence-corrected chi connectivity index (χ0v) is 12.9. The highest BCUT2D eigenvalue weighted by Crippen LogP contribution is 2.22. The summed E-state index contributed by atoms with van der Waals surface area (Å²) in [4.78, 5) is 18.0. The van der Waals surface area contributed by atoms with E-state index in [9.17, 15) is 4.79 Å². The third-order valence-electron chi connectivity index (χ3n) is 4.91. The number of rotatable bonds is 3. The number of anilines is 1. The molecule has 1 amide bonds. The Balaban J connectivity index is 1.46. The molecule has 22 heavy (non-hydrogen) atoms. The van der Waals surface area contributed by atoms with Crippen LogP contribution in [0, 0.1) is 0 Å². The minimum Gasteiger partial charge on any atom is -0.447 e. The molecule has 1 unspecified atom stereocenters. The van der Waals surface area contributed by atoms with Gasteiger partial charge in [0.2, 0.25) is 5.95 Å². The quantitative estimate of drug-likeness (QED) is 0.786. The van der Waals surface area contributed by atoms with Crippen LogP contribution in [-0.4, -0.2) is 76.0 Å². The van der Waals surface area contributed by atoms with E-state index in [4.69, 9.17) is 4.74 Å². The molecule has 1 aromatic heterocycles. The molecule has 4 rings (SSSR count). The Morgan fingerprint density at radius 2 is 2.00 bits per heavy atom. The predicted molar refractivity (Wildman–Crippen MR) is 79.6 cm³/mol. The van der Waals surface area contributed by atoms with E-state index >= 15 is 0 Å². The number of carbonyl (C=O) groups is 1. The van der Waals surface area contributed by atoms with E-state index in [1.54, 1.807) is 0 Å². The molecule has 3 aliphatic heterocycles. The Kier molecular flexibility index (Phi) is 3.40. The van der Waals surface area contributed by atoms with Gasteiger partial charge in [0.25, 0.3) is 0 Å². The van der Waals surface area contributed by atoms with E-state index in [2.05, 4.69) is 24.6 Å². The van der Waals surface area contributed by atoms with Crippen LogP contribution in [0.3, 0.4) is 0 Å². The van der Waals surface area contributed by atoms with Crippen molar-refractivity contribution in [3.63, 3.8) is 0 Å². The Bertz CT molecular complexity index is 568. The topological polar surface area (TPSA) is 66.7 Å². The lowest BCUT2D eigenvalue weighted by Gasteiger charge is -2.35. The first-order valence-electron chi connectivity index (χ1n) is 8.01. The number of hydrogen-bond donors (Lipinski definition) is 0. The minimum absolute atomic E-state index is 0.139. The molecule has 0 bridgehead atoms. The lowest BCUT2D eigenvalue weighted by atomic mass is 10.2. The summed E-state index contributed by atoms with van der Waals surface area (Å²) in [5, 5.41) is 8.76. The molecular formula is C14H22N6O2. The Hall–Kier alpha value is -1.83. The van der Waals surface area contributed by atoms with Crippen molar-refractivity contribution in [3.05, 3.63) is 5.82 Å². The number of carbonyl (C=O) groups excluding carboxylic acids is 1. The van der Waals surface area contributed by atoms with Crippen LogP contribution in [-0.2, 0) is 18.3 Å². The van der Waals surface area contributed by atoms with Gasteiger partial charge in [-0.15, -0.1) is 10.2 Å². The van der Waals surface area contributed by atoms with Gasteiger partial charge in [-0.3, -0.25) is 14.4 Å². The summed E-state index contributed by atoms with van der Waals surface area (Å²) in [6.07, 6.45) is 2.38. The van der Waals surface area contributed by atoms with Crippen molar-refractivity contribution in [1.82, 2.24) is 24.6 Å². The summed E-state index contributed by atoms with van der Waals surface area (Å²) in [6, 6.07) is 0.139. The van der Waals surface area contributed by atoms with Crippen molar-refractivity contribution < 1.29 is 9.53 Å². The van der Waals surface area contributed by atoms with Crippen LogP contribution in [0.15, 0.2) is 0 Å². The minimum atomic E-state index is -0.183. The number of amides is 1. The van der Waals surface area contributed by atoms with E-state index in [1.165, 1.54) is 12.8 Å². The highest BCUT2D eigenvalue weighted by atomic mass is 16.6.